The van der Waals surface area contributed by atoms with Crippen LogP contribution in [0.4, 0.5) is 0 Å². The van der Waals surface area contributed by atoms with Crippen molar-refractivity contribution in [2.24, 2.45) is 5.41 Å². The van der Waals surface area contributed by atoms with Gasteiger partial charge in [-0.1, -0.05) is 115 Å². The molecule has 0 aliphatic heterocycles. The van der Waals surface area contributed by atoms with Gasteiger partial charge in [-0.2, -0.15) is 0 Å². The van der Waals surface area contributed by atoms with Gasteiger partial charge < -0.3 is 10.2 Å². The van der Waals surface area contributed by atoms with Crippen LogP contribution in [0, 0.1) is 5.41 Å². The molecule has 0 aromatic rings. The van der Waals surface area contributed by atoms with Gasteiger partial charge in [0.25, 0.3) is 0 Å². The lowest BCUT2D eigenvalue weighted by molar-refractivity contribution is -0.121. The van der Waals surface area contributed by atoms with Crippen LogP contribution >= 0.6 is 0 Å². The predicted octanol–water partition coefficient (Wildman–Crippen LogP) is 11.6. The first kappa shape index (κ1) is 38.2. The predicted molar refractivity (Wildman–Crippen MR) is 183 cm³/mol. The molecule has 1 aliphatic carbocycles. The number of hydrogen-bond acceptors (Lipinski definition) is 2. The highest BCUT2D eigenvalue weighted by molar-refractivity contribution is 5.75. The summed E-state index contributed by atoms with van der Waals surface area (Å²) >= 11 is 0. The summed E-state index contributed by atoms with van der Waals surface area (Å²) in [5.41, 5.74) is 2.39. The highest BCUT2D eigenvalue weighted by Crippen LogP contribution is 2.53. The van der Waals surface area contributed by atoms with Crippen LogP contribution in [0.1, 0.15) is 194 Å². The Morgan fingerprint density at radius 1 is 0.634 bits per heavy atom. The van der Waals surface area contributed by atoms with Crippen LogP contribution in [0.5, 0.6) is 0 Å². The molecule has 0 spiro atoms. The molecule has 242 valence electrons. The first-order chi connectivity index (χ1) is 20.0. The molecule has 3 nitrogen and oxygen atoms in total. The third-order valence-electron chi connectivity index (χ3n) is 9.47. The molecule has 0 bridgehead atoms. The maximum absolute atomic E-state index is 12.1. The fraction of sp³-hybridized carbons (Fsp3) is 0.921. The van der Waals surface area contributed by atoms with Crippen molar-refractivity contribution in [2.75, 3.05) is 27.2 Å². The van der Waals surface area contributed by atoms with Crippen molar-refractivity contribution >= 4 is 5.91 Å². The van der Waals surface area contributed by atoms with Crippen LogP contribution in [-0.2, 0) is 4.79 Å². The summed E-state index contributed by atoms with van der Waals surface area (Å²) in [7, 11) is 4.19. The van der Waals surface area contributed by atoms with Gasteiger partial charge in [0.05, 0.1) is 0 Å². The van der Waals surface area contributed by atoms with Gasteiger partial charge in [-0.3, -0.25) is 4.79 Å². The van der Waals surface area contributed by atoms with Gasteiger partial charge in [0, 0.05) is 13.0 Å². The van der Waals surface area contributed by atoms with Crippen molar-refractivity contribution < 1.29 is 4.79 Å². The number of carbonyl (C=O) groups excluding carboxylic acids is 1. The summed E-state index contributed by atoms with van der Waals surface area (Å²) in [4.78, 5) is 14.3. The maximum atomic E-state index is 12.1. The largest absolute Gasteiger partial charge is 0.356 e. The van der Waals surface area contributed by atoms with Gasteiger partial charge in [-0.25, -0.2) is 0 Å². The third-order valence-corrected chi connectivity index (χ3v) is 9.47. The Morgan fingerprint density at radius 2 is 1.12 bits per heavy atom. The van der Waals surface area contributed by atoms with Crippen molar-refractivity contribution in [1.82, 2.24) is 10.2 Å². The second-order valence-electron chi connectivity index (χ2n) is 13.9. The van der Waals surface area contributed by atoms with Gasteiger partial charge in [-0.05, 0) is 110 Å². The summed E-state index contributed by atoms with van der Waals surface area (Å²) in [6.45, 7) is 6.56. The fourth-order valence-corrected chi connectivity index (χ4v) is 6.38. The lowest BCUT2D eigenvalue weighted by Crippen LogP contribution is -2.25. The van der Waals surface area contributed by atoms with Crippen molar-refractivity contribution in [3.8, 4) is 0 Å². The van der Waals surface area contributed by atoms with Gasteiger partial charge in [-0.15, -0.1) is 0 Å². The number of nitrogens with zero attached hydrogens (tertiary/aromatic N) is 1. The van der Waals surface area contributed by atoms with E-state index in [0.717, 1.165) is 32.4 Å². The van der Waals surface area contributed by atoms with E-state index < -0.39 is 0 Å². The van der Waals surface area contributed by atoms with E-state index in [0.29, 0.717) is 11.8 Å². The molecule has 1 aliphatic rings. The Labute approximate surface area is 258 Å². The monoisotopic (exact) mass is 575 g/mol. The molecule has 0 unspecified atom stereocenters. The van der Waals surface area contributed by atoms with Crippen molar-refractivity contribution in [2.45, 2.75) is 194 Å². The molecular formula is C38H74N2O. The maximum Gasteiger partial charge on any atom is 0.219 e. The summed E-state index contributed by atoms with van der Waals surface area (Å²) in [6, 6.07) is 0. The molecule has 1 rings (SSSR count). The van der Waals surface area contributed by atoms with E-state index in [9.17, 15) is 4.79 Å². The van der Waals surface area contributed by atoms with Crippen LogP contribution in [-0.4, -0.2) is 38.0 Å². The fourth-order valence-electron chi connectivity index (χ4n) is 6.38. The van der Waals surface area contributed by atoms with E-state index in [1.165, 1.54) is 154 Å². The smallest absolute Gasteiger partial charge is 0.219 e. The Hall–Kier alpha value is -0.830. The van der Waals surface area contributed by atoms with Crippen LogP contribution in [0.25, 0.3) is 0 Å². The topological polar surface area (TPSA) is 32.3 Å². The highest BCUT2D eigenvalue weighted by atomic mass is 16.1. The van der Waals surface area contributed by atoms with Crippen LogP contribution < -0.4 is 5.32 Å². The Balaban J connectivity index is 2.25. The lowest BCUT2D eigenvalue weighted by Gasteiger charge is -2.15. The zero-order valence-corrected chi connectivity index (χ0v) is 28.6. The first-order valence-electron chi connectivity index (χ1n) is 18.6. The van der Waals surface area contributed by atoms with Gasteiger partial charge in [0.15, 0.2) is 0 Å². The number of allylic oxidation sites excluding steroid dienone is 2. The summed E-state index contributed by atoms with van der Waals surface area (Å²) < 4.78 is 0. The van der Waals surface area contributed by atoms with Crippen LogP contribution in [0.15, 0.2) is 11.6 Å². The molecule has 0 aromatic carbocycles. The van der Waals surface area contributed by atoms with E-state index in [1.807, 2.05) is 0 Å². The van der Waals surface area contributed by atoms with E-state index >= 15 is 0 Å². The molecule has 3 heteroatoms. The Bertz CT molecular complexity index is 600. The number of carbonyl (C=O) groups is 1. The van der Waals surface area contributed by atoms with Crippen LogP contribution in [0.2, 0.25) is 0 Å². The van der Waals surface area contributed by atoms with Gasteiger partial charge >= 0.3 is 0 Å². The summed E-state index contributed by atoms with van der Waals surface area (Å²) in [5.74, 6) is 0.249. The van der Waals surface area contributed by atoms with Crippen molar-refractivity contribution in [3.05, 3.63) is 11.6 Å². The Morgan fingerprint density at radius 3 is 1.63 bits per heavy atom. The molecule has 0 radical (unpaired) electrons. The van der Waals surface area contributed by atoms with E-state index in [1.54, 1.807) is 5.57 Å². The van der Waals surface area contributed by atoms with E-state index in [-0.39, 0.29) is 5.91 Å². The minimum atomic E-state index is 0.249. The highest BCUT2D eigenvalue weighted by Gasteiger charge is 2.40. The molecule has 0 heterocycles. The number of hydrogen-bond donors (Lipinski definition) is 1. The lowest BCUT2D eigenvalue weighted by atomic mass is 9.92. The molecule has 0 aromatic heterocycles. The molecule has 0 atom stereocenters. The molecule has 1 saturated carbocycles. The SMILES string of the molecule is CCCCCCCCCCC(=CCCCC1(CCCNC(=O)CCCCN(C)C)CC1)CCCCCCCCCC. The number of nitrogens with one attached hydrogen (secondary N) is 1. The zero-order chi connectivity index (χ0) is 29.9. The number of unbranched alkanes of at least 4 members (excludes halogenated alkanes) is 16. The molecule has 1 amide bonds. The second kappa shape index (κ2) is 26.8. The second-order valence-corrected chi connectivity index (χ2v) is 13.9. The minimum Gasteiger partial charge on any atom is -0.356 e. The average Bonchev–Trinajstić information content (AvgIpc) is 3.73. The normalized spacial score (nSPS) is 14.0. The Kier molecular flexibility index (Phi) is 24.9. The summed E-state index contributed by atoms with van der Waals surface area (Å²) in [5, 5.41) is 3.17. The molecule has 41 heavy (non-hydrogen) atoms. The van der Waals surface area contributed by atoms with Crippen molar-refractivity contribution in [1.29, 1.82) is 0 Å². The zero-order valence-electron chi connectivity index (χ0n) is 28.6. The minimum absolute atomic E-state index is 0.249. The van der Waals surface area contributed by atoms with Crippen LogP contribution in [0.3, 0.4) is 0 Å². The van der Waals surface area contributed by atoms with E-state index in [4.69, 9.17) is 0 Å². The van der Waals surface area contributed by atoms with Gasteiger partial charge in [0.2, 0.25) is 5.91 Å². The molecular weight excluding hydrogens is 500 g/mol. The number of rotatable bonds is 31. The molecule has 0 saturated heterocycles. The number of amides is 1. The summed E-state index contributed by atoms with van der Waals surface area (Å²) in [6.07, 6.45) is 40.2. The van der Waals surface area contributed by atoms with Crippen molar-refractivity contribution in [3.63, 3.8) is 0 Å². The molecule has 1 N–H and O–H groups in total. The first-order valence-corrected chi connectivity index (χ1v) is 18.6. The van der Waals surface area contributed by atoms with Gasteiger partial charge in [0.1, 0.15) is 0 Å². The average molecular weight is 575 g/mol. The standard InChI is InChI=1S/C38H74N2O/c1-5-7-9-11-13-15-17-19-26-36(27-20-18-16-14-12-10-8-6-2)28-21-23-30-38(32-33-38)31-25-34-39-37(41)29-22-24-35-40(3)4/h28H,5-27,29-35H2,1-4H3,(H,39,41). The third kappa shape index (κ3) is 24.3. The quantitative estimate of drug-likeness (QED) is 0.0659. The van der Waals surface area contributed by atoms with E-state index in [2.05, 4.69) is 44.2 Å². The molecule has 1 fully saturated rings.